The van der Waals surface area contributed by atoms with Gasteiger partial charge in [-0.3, -0.25) is 0 Å². The van der Waals surface area contributed by atoms with Gasteiger partial charge in [-0.05, 0) is 53.5 Å². The lowest BCUT2D eigenvalue weighted by molar-refractivity contribution is 0.449. The van der Waals surface area contributed by atoms with Crippen molar-refractivity contribution in [2.75, 3.05) is 5.75 Å². The van der Waals surface area contributed by atoms with Crippen molar-refractivity contribution in [1.29, 1.82) is 0 Å². The van der Waals surface area contributed by atoms with E-state index in [4.69, 9.17) is 0 Å². The second kappa shape index (κ2) is 6.58. The molecule has 0 amide bonds. The molecule has 0 radical (unpaired) electrons. The number of sulfone groups is 1. The van der Waals surface area contributed by atoms with Gasteiger partial charge in [0.15, 0.2) is 9.84 Å². The largest absolute Gasteiger partial charge is 0.361 e. The van der Waals surface area contributed by atoms with E-state index in [1.165, 1.54) is 22.1 Å². The van der Waals surface area contributed by atoms with Crippen molar-refractivity contribution in [2.45, 2.75) is 37.9 Å². The Labute approximate surface area is 155 Å². The summed E-state index contributed by atoms with van der Waals surface area (Å²) in [6, 6.07) is 16.9. The molecule has 2 heterocycles. The topological polar surface area (TPSA) is 49.9 Å². The first-order chi connectivity index (χ1) is 12.5. The van der Waals surface area contributed by atoms with Gasteiger partial charge in [-0.15, -0.1) is 0 Å². The van der Waals surface area contributed by atoms with Crippen LogP contribution in [-0.2, 0) is 9.84 Å². The van der Waals surface area contributed by atoms with Gasteiger partial charge in [0, 0.05) is 17.1 Å². The minimum Gasteiger partial charge on any atom is -0.361 e. The third kappa shape index (κ3) is 3.07. The van der Waals surface area contributed by atoms with Gasteiger partial charge >= 0.3 is 0 Å². The minimum atomic E-state index is -2.96. The van der Waals surface area contributed by atoms with Crippen molar-refractivity contribution < 1.29 is 8.42 Å². The van der Waals surface area contributed by atoms with E-state index in [1.54, 1.807) is 0 Å². The zero-order chi connectivity index (χ0) is 18.3. The molecule has 1 aromatic heterocycles. The highest BCUT2D eigenvalue weighted by molar-refractivity contribution is 7.92. The molecule has 136 valence electrons. The lowest BCUT2D eigenvalue weighted by Crippen LogP contribution is -2.35. The lowest BCUT2D eigenvalue weighted by Gasteiger charge is -2.31. The first-order valence-electron chi connectivity index (χ1n) is 9.34. The van der Waals surface area contributed by atoms with Gasteiger partial charge < -0.3 is 4.98 Å². The maximum absolute atomic E-state index is 12.4. The number of aromatic nitrogens is 1. The molecule has 1 N–H and O–H groups in total. The maximum atomic E-state index is 12.4. The summed E-state index contributed by atoms with van der Waals surface area (Å²) in [6.07, 6.45) is 3.52. The molecule has 0 aliphatic carbocycles. The molecule has 1 fully saturated rings. The van der Waals surface area contributed by atoms with Crippen LogP contribution in [0.3, 0.4) is 0 Å². The van der Waals surface area contributed by atoms with Crippen LogP contribution in [0.25, 0.3) is 22.0 Å². The van der Waals surface area contributed by atoms with E-state index in [1.807, 2.05) is 19.9 Å². The van der Waals surface area contributed by atoms with Gasteiger partial charge in [0.25, 0.3) is 0 Å². The number of rotatable bonds is 3. The first kappa shape index (κ1) is 17.3. The summed E-state index contributed by atoms with van der Waals surface area (Å²) < 4.78 is 24.9. The van der Waals surface area contributed by atoms with Crippen molar-refractivity contribution in [3.63, 3.8) is 0 Å². The van der Waals surface area contributed by atoms with Gasteiger partial charge in [0.05, 0.1) is 11.0 Å². The number of fused-ring (bicyclic) bond motifs is 1. The molecular formula is C22H25NO2S. The molecule has 2 unspecified atom stereocenters. The summed E-state index contributed by atoms with van der Waals surface area (Å²) in [5.41, 5.74) is 4.78. The Morgan fingerprint density at radius 1 is 1.04 bits per heavy atom. The molecule has 4 heteroatoms. The fraction of sp³-hybridized carbons (Fsp3) is 0.364. The van der Waals surface area contributed by atoms with Crippen molar-refractivity contribution in [3.05, 3.63) is 60.3 Å². The first-order valence-corrected chi connectivity index (χ1v) is 11.1. The van der Waals surface area contributed by atoms with Crippen molar-refractivity contribution >= 4 is 20.7 Å². The summed E-state index contributed by atoms with van der Waals surface area (Å²) >= 11 is 0. The molecule has 3 nitrogen and oxygen atoms in total. The van der Waals surface area contributed by atoms with Gasteiger partial charge in [0.1, 0.15) is 0 Å². The molecule has 4 rings (SSSR count). The Kier molecular flexibility index (Phi) is 4.39. The highest BCUT2D eigenvalue weighted by Gasteiger charge is 2.37. The van der Waals surface area contributed by atoms with Crippen LogP contribution >= 0.6 is 0 Å². The number of hydrogen-bond donors (Lipinski definition) is 1. The number of hydrogen-bond acceptors (Lipinski definition) is 2. The van der Waals surface area contributed by atoms with Gasteiger partial charge in [-0.1, -0.05) is 50.2 Å². The third-order valence-electron chi connectivity index (χ3n) is 5.73. The van der Waals surface area contributed by atoms with E-state index in [0.29, 0.717) is 18.1 Å². The molecule has 2 aromatic carbocycles. The van der Waals surface area contributed by atoms with Crippen molar-refractivity contribution in [1.82, 2.24) is 4.98 Å². The normalized spacial score (nSPS) is 22.7. The molecule has 26 heavy (non-hydrogen) atoms. The fourth-order valence-electron chi connectivity index (χ4n) is 4.26. The monoisotopic (exact) mass is 367 g/mol. The minimum absolute atomic E-state index is 0.160. The standard InChI is InChI=1S/C22H25NO2S/c1-15(2)22-13-18(10-11-26(22,24)25)20-14-23-21-9-8-17(12-19(20)21)16-6-4-3-5-7-16/h3-9,12,14-15,18,22-23H,10-11,13H2,1-2H3. The molecule has 0 spiro atoms. The fourth-order valence-corrected chi connectivity index (χ4v) is 6.53. The average Bonchev–Trinajstić information content (AvgIpc) is 3.05. The molecular weight excluding hydrogens is 342 g/mol. The Morgan fingerprint density at radius 2 is 1.81 bits per heavy atom. The average molecular weight is 368 g/mol. The Hall–Kier alpha value is -2.07. The second-order valence-corrected chi connectivity index (χ2v) is 10.1. The van der Waals surface area contributed by atoms with Crippen LogP contribution in [0.4, 0.5) is 0 Å². The highest BCUT2D eigenvalue weighted by Crippen LogP contribution is 2.39. The third-order valence-corrected chi connectivity index (χ3v) is 8.20. The lowest BCUT2D eigenvalue weighted by atomic mass is 9.87. The summed E-state index contributed by atoms with van der Waals surface area (Å²) in [4.78, 5) is 3.38. The SMILES string of the molecule is CC(C)C1CC(c2c[nH]c3ccc(-c4ccccc4)cc23)CCS1(=O)=O. The summed E-state index contributed by atoms with van der Waals surface area (Å²) in [5, 5.41) is 0.988. The molecule has 0 saturated carbocycles. The summed E-state index contributed by atoms with van der Waals surface area (Å²) in [7, 11) is -2.96. The van der Waals surface area contributed by atoms with Crippen LogP contribution in [0.5, 0.6) is 0 Å². The van der Waals surface area contributed by atoms with Crippen molar-refractivity contribution in [3.8, 4) is 11.1 Å². The number of aromatic amines is 1. The Bertz CT molecular complexity index is 1020. The van der Waals surface area contributed by atoms with Crippen LogP contribution < -0.4 is 0 Å². The van der Waals surface area contributed by atoms with E-state index < -0.39 is 9.84 Å². The number of nitrogens with one attached hydrogen (secondary N) is 1. The second-order valence-electron chi connectivity index (χ2n) is 7.74. The zero-order valence-electron chi connectivity index (χ0n) is 15.3. The predicted molar refractivity (Wildman–Crippen MR) is 108 cm³/mol. The molecule has 2 atom stereocenters. The molecule has 3 aromatic rings. The summed E-state index contributed by atoms with van der Waals surface area (Å²) in [5.74, 6) is 0.754. The van der Waals surface area contributed by atoms with Crippen LogP contribution in [0.15, 0.2) is 54.7 Å². The molecule has 1 aliphatic heterocycles. The van der Waals surface area contributed by atoms with Crippen LogP contribution in [0.2, 0.25) is 0 Å². The van der Waals surface area contributed by atoms with E-state index in [0.717, 1.165) is 11.9 Å². The van der Waals surface area contributed by atoms with E-state index >= 15 is 0 Å². The molecule has 0 bridgehead atoms. The van der Waals surface area contributed by atoms with Gasteiger partial charge in [-0.25, -0.2) is 8.42 Å². The highest BCUT2D eigenvalue weighted by atomic mass is 32.2. The molecule has 1 saturated heterocycles. The van der Waals surface area contributed by atoms with Crippen molar-refractivity contribution in [2.24, 2.45) is 5.92 Å². The summed E-state index contributed by atoms with van der Waals surface area (Å²) in [6.45, 7) is 4.04. The quantitative estimate of drug-likeness (QED) is 0.696. The van der Waals surface area contributed by atoms with E-state index in [-0.39, 0.29) is 11.2 Å². The van der Waals surface area contributed by atoms with E-state index in [9.17, 15) is 8.42 Å². The maximum Gasteiger partial charge on any atom is 0.153 e. The zero-order valence-corrected chi connectivity index (χ0v) is 16.1. The smallest absolute Gasteiger partial charge is 0.153 e. The molecule has 1 aliphatic rings. The van der Waals surface area contributed by atoms with Crippen LogP contribution in [0.1, 0.15) is 38.2 Å². The van der Waals surface area contributed by atoms with E-state index in [2.05, 4.69) is 53.6 Å². The Morgan fingerprint density at radius 3 is 2.54 bits per heavy atom. The van der Waals surface area contributed by atoms with Crippen LogP contribution in [0, 0.1) is 5.92 Å². The van der Waals surface area contributed by atoms with Gasteiger partial charge in [-0.2, -0.15) is 0 Å². The van der Waals surface area contributed by atoms with Crippen LogP contribution in [-0.4, -0.2) is 24.4 Å². The Balaban J connectivity index is 1.73. The number of H-pyrrole nitrogens is 1. The predicted octanol–water partition coefficient (Wildman–Crippen LogP) is 5.15. The number of benzene rings is 2. The van der Waals surface area contributed by atoms with Gasteiger partial charge in [0.2, 0.25) is 0 Å².